The van der Waals surface area contributed by atoms with Crippen molar-refractivity contribution < 1.29 is 62.4 Å². The number of aromatic amines is 4. The minimum atomic E-state index is -3.43. The number of nitrogens with one attached hydrogen (secondary N) is 9. The fourth-order valence-corrected chi connectivity index (χ4v) is 17.1. The first-order chi connectivity index (χ1) is 65.4. The second-order valence-corrected chi connectivity index (χ2v) is 40.5. The number of sulfone groups is 4. The van der Waals surface area contributed by atoms with E-state index in [0.717, 1.165) is 144 Å². The van der Waals surface area contributed by atoms with Crippen LogP contribution in [-0.2, 0) is 57.2 Å². The van der Waals surface area contributed by atoms with E-state index >= 15 is 0 Å². The van der Waals surface area contributed by atoms with Crippen molar-refractivity contribution in [2.45, 2.75) is 65.3 Å². The molecule has 5 aromatic carbocycles. The molecular formula is C95H85N23O14S4. The molecule has 0 bridgehead atoms. The van der Waals surface area contributed by atoms with Gasteiger partial charge in [0, 0.05) is 125 Å². The molecule has 3 aliphatic rings. The molecule has 17 aromatic rings. The van der Waals surface area contributed by atoms with Crippen LogP contribution in [0.2, 0.25) is 0 Å². The van der Waals surface area contributed by atoms with Crippen molar-refractivity contribution in [2.24, 2.45) is 5.92 Å². The van der Waals surface area contributed by atoms with Crippen molar-refractivity contribution in [3.63, 3.8) is 0 Å². The van der Waals surface area contributed by atoms with Crippen LogP contribution in [0.1, 0.15) is 85.2 Å². The van der Waals surface area contributed by atoms with E-state index in [1.807, 2.05) is 140 Å². The zero-order chi connectivity index (χ0) is 95.0. The van der Waals surface area contributed by atoms with Gasteiger partial charge in [-0.05, 0) is 225 Å². The Morgan fingerprint density at radius 3 is 0.963 bits per heavy atom. The Bertz CT molecular complexity index is 7920. The smallest absolute Gasteiger partial charge is 0.276 e. The number of rotatable bonds is 24. The maximum atomic E-state index is 12.9. The average molecular weight is 1900 g/mol. The average Bonchev–Trinajstić information content (AvgIpc) is 1.65. The van der Waals surface area contributed by atoms with Crippen molar-refractivity contribution >= 4 is 141 Å². The highest BCUT2D eigenvalue weighted by molar-refractivity contribution is 7.91. The molecule has 0 spiro atoms. The van der Waals surface area contributed by atoms with Crippen LogP contribution < -0.4 is 31.3 Å². The second kappa shape index (κ2) is 39.5. The Labute approximate surface area is 778 Å². The normalized spacial score (nSPS) is 13.4. The van der Waals surface area contributed by atoms with Gasteiger partial charge in [-0.2, -0.15) is 20.4 Å². The highest BCUT2D eigenvalue weighted by Gasteiger charge is 2.30. The predicted molar refractivity (Wildman–Crippen MR) is 511 cm³/mol. The van der Waals surface area contributed by atoms with Gasteiger partial charge in [0.15, 0.2) is 82.2 Å². The summed E-state index contributed by atoms with van der Waals surface area (Å²) in [7, 11) is -13.7. The van der Waals surface area contributed by atoms with Crippen LogP contribution in [0.15, 0.2) is 270 Å². The molecule has 136 heavy (non-hydrogen) atoms. The molecule has 688 valence electrons. The summed E-state index contributed by atoms with van der Waals surface area (Å²) in [5, 5.41) is 44.2. The summed E-state index contributed by atoms with van der Waals surface area (Å²) in [6.45, 7) is 6.25. The molecule has 2 saturated heterocycles. The number of amides is 5. The Kier molecular flexibility index (Phi) is 26.7. The van der Waals surface area contributed by atoms with Crippen LogP contribution in [-0.4, -0.2) is 205 Å². The van der Waals surface area contributed by atoms with Gasteiger partial charge in [0.1, 0.15) is 11.5 Å². The van der Waals surface area contributed by atoms with E-state index in [-0.39, 0.29) is 54.7 Å². The number of hydrogen-bond donors (Lipinski definition) is 9. The molecular weight excluding hydrogens is 1820 g/mol. The van der Waals surface area contributed by atoms with Crippen molar-refractivity contribution in [1.29, 1.82) is 0 Å². The van der Waals surface area contributed by atoms with Crippen molar-refractivity contribution in [2.75, 3.05) is 77.8 Å². The summed E-state index contributed by atoms with van der Waals surface area (Å²) in [6.07, 6.45) is 29.1. The fourth-order valence-electron chi connectivity index (χ4n) is 14.9. The molecule has 20 rings (SSSR count). The number of hydrogen-bond acceptors (Lipinski definition) is 28. The number of para-hydroxylation sites is 1. The zero-order valence-electron chi connectivity index (χ0n) is 73.1. The predicted octanol–water partition coefficient (Wildman–Crippen LogP) is 13.6. The van der Waals surface area contributed by atoms with Gasteiger partial charge < -0.3 is 31.3 Å². The number of likely N-dealkylation sites (tertiary alicyclic amines) is 2. The lowest BCUT2D eigenvalue weighted by Gasteiger charge is -2.30. The first-order valence-corrected chi connectivity index (χ1v) is 50.0. The van der Waals surface area contributed by atoms with Gasteiger partial charge in [-0.15, -0.1) is 0 Å². The molecule has 0 radical (unpaired) electrons. The lowest BCUT2D eigenvalue weighted by Crippen LogP contribution is -2.36. The lowest BCUT2D eigenvalue weighted by molar-refractivity contribution is -0.117. The molecule has 37 nitrogen and oxygen atoms in total. The maximum absolute atomic E-state index is 12.9. The van der Waals surface area contributed by atoms with Crippen LogP contribution in [0.3, 0.4) is 0 Å². The molecule has 2 aliphatic heterocycles. The quantitative estimate of drug-likeness (QED) is 0.0271. The monoisotopic (exact) mass is 1900 g/mol. The number of nitrogens with zero attached hydrogens (tertiary/aromatic N) is 14. The molecule has 14 heterocycles. The summed E-state index contributed by atoms with van der Waals surface area (Å²) >= 11 is 0. The number of benzene rings is 5. The van der Waals surface area contributed by atoms with Gasteiger partial charge in [-0.3, -0.25) is 74.1 Å². The Morgan fingerprint density at radius 2 is 0.647 bits per heavy atom. The largest absolute Gasteiger partial charge is 0.456 e. The van der Waals surface area contributed by atoms with Crippen molar-refractivity contribution in [3.8, 4) is 56.0 Å². The van der Waals surface area contributed by atoms with Crippen molar-refractivity contribution in [1.82, 2.24) is 90.5 Å². The summed E-state index contributed by atoms with van der Waals surface area (Å²) in [5.74, 6) is -0.386. The minimum Gasteiger partial charge on any atom is -0.456 e. The Hall–Kier alpha value is -16.0. The van der Waals surface area contributed by atoms with Gasteiger partial charge in [-0.1, -0.05) is 42.5 Å². The number of pyridine rings is 8. The maximum Gasteiger partial charge on any atom is 0.276 e. The molecule has 5 amide bonds. The number of H-pyrrole nitrogens is 4. The van der Waals surface area contributed by atoms with Crippen molar-refractivity contribution in [3.05, 3.63) is 284 Å². The van der Waals surface area contributed by atoms with E-state index in [2.05, 4.69) is 129 Å². The highest BCUT2D eigenvalue weighted by atomic mass is 32.2. The number of carbonyl (C=O) groups excluding carboxylic acids is 5. The number of fused-ring (bicyclic) bond motifs is 4. The number of aromatic nitrogens is 16. The molecule has 41 heteroatoms. The van der Waals surface area contributed by atoms with E-state index in [1.165, 1.54) is 92.6 Å². The van der Waals surface area contributed by atoms with Crippen LogP contribution in [0.5, 0.6) is 11.5 Å². The van der Waals surface area contributed by atoms with Crippen LogP contribution in [0.4, 0.5) is 28.4 Å². The summed E-state index contributed by atoms with van der Waals surface area (Å²) < 4.78 is 98.5. The molecule has 0 atom stereocenters. The summed E-state index contributed by atoms with van der Waals surface area (Å²) in [4.78, 5) is 101. The van der Waals surface area contributed by atoms with Crippen LogP contribution in [0.25, 0.3) is 88.1 Å². The Morgan fingerprint density at radius 1 is 0.324 bits per heavy atom. The highest BCUT2D eigenvalue weighted by Crippen LogP contribution is 2.36. The number of anilines is 5. The van der Waals surface area contributed by atoms with Gasteiger partial charge in [0.25, 0.3) is 23.6 Å². The summed E-state index contributed by atoms with van der Waals surface area (Å²) in [6, 6.07) is 51.4. The lowest BCUT2D eigenvalue weighted by atomic mass is 10.0. The molecule has 1 saturated carbocycles. The Balaban J connectivity index is 0.000000126. The standard InChI is InChI=1S/C25H19N5O4S.C24H24N6O3S.C23H20N6O4S.C23H22N6O3S/c1-35(32,33)23-10-8-18(14-27-23)28-25(31)24-21-12-16(7-9-22(21)29-30-24)17-11-20(15-26-13-17)34-19-5-3-2-4-6-19;1-34(32,33)22-7-5-19(14-26-22)27-24(31)23-20-11-17(4-6-21(20)28-29-23)18-10-16(12-25-13-18)15-30-8-2-3-9-30;1-34(32,33)20-7-5-16(12-25-20)26-23(31)21-18-9-14(4-6-19(18)28-29-21)15-8-17(11-24-10-15)27-22(30)13-2-3-13;1-33(31,32)21-6-4-18(13-25-21)26-23(30)22-19-10-16(3-5-20(19)27-28-22)17-9-15(11-24-12-17)14-29-7-2-8-29/h2-15H,1H3,(H,28,31)(H,29,30);4-7,10-14H,2-3,8-9,15H2,1H3,(H,27,31)(H,28,29);4-13H,2-3H2,1H3,(H,26,31)(H,27,30)(H,28,29);3-6,9-13H,2,7-8,14H2,1H3,(H,26,30)(H,27,28). The third-order valence-corrected chi connectivity index (χ3v) is 26.1. The zero-order valence-corrected chi connectivity index (χ0v) is 76.4. The number of carbonyl (C=O) groups is 5. The van der Waals surface area contributed by atoms with E-state index in [1.54, 1.807) is 24.8 Å². The first kappa shape index (κ1) is 91.9. The minimum absolute atomic E-state index is 0.00209. The van der Waals surface area contributed by atoms with E-state index in [0.29, 0.717) is 72.5 Å². The summed E-state index contributed by atoms with van der Waals surface area (Å²) in [5.41, 5.74) is 15.1. The molecule has 1 aliphatic carbocycles. The van der Waals surface area contributed by atoms with Gasteiger partial charge in [-0.25, -0.2) is 53.6 Å². The van der Waals surface area contributed by atoms with E-state index < -0.39 is 63.0 Å². The third-order valence-electron chi connectivity index (χ3n) is 22.1. The number of ether oxygens (including phenoxy) is 1. The van der Waals surface area contributed by atoms with Crippen LogP contribution in [0, 0.1) is 5.92 Å². The topological polar surface area (TPSA) is 516 Å². The van der Waals surface area contributed by atoms with E-state index in [4.69, 9.17) is 4.74 Å². The molecule has 0 unspecified atom stereocenters. The SMILES string of the molecule is CS(=O)(=O)c1ccc(NC(=O)c2n[nH]c3ccc(-c4cncc(CN5CCC5)c4)cc23)cn1.CS(=O)(=O)c1ccc(NC(=O)c2n[nH]c3ccc(-c4cncc(CN5CCCC5)c4)cc23)cn1.CS(=O)(=O)c1ccc(NC(=O)c2n[nH]c3ccc(-c4cncc(NC(=O)C5CC5)c4)cc23)cn1.CS(=O)(=O)c1ccc(NC(=O)c2n[nH]c3ccc(-c4cncc(Oc5ccccc5)c4)cc23)cn1. The fraction of sp³-hybridized carbons (Fsp3) is 0.168. The van der Waals surface area contributed by atoms with Gasteiger partial charge >= 0.3 is 0 Å². The van der Waals surface area contributed by atoms with E-state index in [9.17, 15) is 57.6 Å². The van der Waals surface area contributed by atoms with Gasteiger partial charge in [0.2, 0.25) is 5.91 Å². The third kappa shape index (κ3) is 22.5. The molecule has 3 fully saturated rings. The first-order valence-electron chi connectivity index (χ1n) is 42.5. The second-order valence-electron chi connectivity index (χ2n) is 32.6. The van der Waals surface area contributed by atoms with Gasteiger partial charge in [0.05, 0.1) is 87.7 Å². The molecule has 9 N–H and O–H groups in total. The molecule has 12 aromatic heterocycles. The van der Waals surface area contributed by atoms with Crippen LogP contribution >= 0.6 is 0 Å².